The van der Waals surface area contributed by atoms with Gasteiger partial charge in [-0.3, -0.25) is 4.90 Å². The molecule has 2 heterocycles. The van der Waals surface area contributed by atoms with E-state index in [0.717, 1.165) is 44.4 Å². The number of hydrogen-bond donors (Lipinski definition) is 0. The van der Waals surface area contributed by atoms with Crippen LogP contribution in [-0.2, 0) is 33.8 Å². The number of ether oxygens (including phenoxy) is 4. The Labute approximate surface area is 274 Å². The van der Waals surface area contributed by atoms with Crippen LogP contribution in [0.3, 0.4) is 0 Å². The van der Waals surface area contributed by atoms with Gasteiger partial charge in [-0.05, 0) is 81.7 Å². The summed E-state index contributed by atoms with van der Waals surface area (Å²) in [6.07, 6.45) is 4.56. The van der Waals surface area contributed by atoms with Crippen LogP contribution < -0.4 is 4.74 Å². The minimum atomic E-state index is -0.540. The van der Waals surface area contributed by atoms with E-state index < -0.39 is 5.60 Å². The monoisotopic (exact) mass is 626 g/mol. The summed E-state index contributed by atoms with van der Waals surface area (Å²) in [5, 5.41) is 0. The second-order valence-electron chi connectivity index (χ2n) is 14.4. The lowest BCUT2D eigenvalue weighted by atomic mass is 9.65. The summed E-state index contributed by atoms with van der Waals surface area (Å²) in [5.41, 5.74) is 3.05. The maximum atomic E-state index is 13.3. The number of piperidine rings is 1. The van der Waals surface area contributed by atoms with Crippen LogP contribution in [0.4, 0.5) is 4.79 Å². The van der Waals surface area contributed by atoms with Crippen molar-refractivity contribution in [3.8, 4) is 5.75 Å². The van der Waals surface area contributed by atoms with E-state index in [4.69, 9.17) is 18.9 Å². The molecule has 0 radical (unpaired) electrons. The van der Waals surface area contributed by atoms with Crippen molar-refractivity contribution in [1.29, 1.82) is 0 Å². The van der Waals surface area contributed by atoms with Crippen molar-refractivity contribution < 1.29 is 23.7 Å². The first-order valence-corrected chi connectivity index (χ1v) is 16.8. The van der Waals surface area contributed by atoms with Gasteiger partial charge in [-0.1, -0.05) is 72.8 Å². The Kier molecular flexibility index (Phi) is 9.74. The zero-order valence-electron chi connectivity index (χ0n) is 28.1. The van der Waals surface area contributed by atoms with E-state index in [2.05, 4.69) is 65.6 Å². The lowest BCUT2D eigenvalue weighted by Crippen LogP contribution is -2.67. The SMILES string of the molecule is COc1ccc(C[C@H]2[C@@H](OCc3ccccc3)[C@H]3C[C@@]4(CC[C@@H]3OCc3ccccc3)C[C@H](N(C)C(=O)OC(C)(C)C)CN24)cc1. The molecule has 2 bridgehead atoms. The molecule has 7 nitrogen and oxygen atoms in total. The van der Waals surface area contributed by atoms with E-state index in [1.807, 2.05) is 57.0 Å². The smallest absolute Gasteiger partial charge is 0.410 e. The van der Waals surface area contributed by atoms with Gasteiger partial charge in [0.2, 0.25) is 0 Å². The molecule has 6 atom stereocenters. The van der Waals surface area contributed by atoms with E-state index in [0.29, 0.717) is 13.2 Å². The first-order chi connectivity index (χ1) is 22.1. The molecule has 1 saturated carbocycles. The highest BCUT2D eigenvalue weighted by Crippen LogP contribution is 2.53. The Balaban J connectivity index is 1.33. The van der Waals surface area contributed by atoms with Crippen molar-refractivity contribution in [1.82, 2.24) is 9.80 Å². The Hall–Kier alpha value is -3.39. The van der Waals surface area contributed by atoms with Crippen LogP contribution in [0.2, 0.25) is 0 Å². The molecule has 1 spiro atoms. The minimum Gasteiger partial charge on any atom is -0.497 e. The van der Waals surface area contributed by atoms with Gasteiger partial charge in [0, 0.05) is 37.1 Å². The molecule has 7 heteroatoms. The summed E-state index contributed by atoms with van der Waals surface area (Å²) in [6, 6.07) is 29.5. The van der Waals surface area contributed by atoms with E-state index in [-0.39, 0.29) is 41.8 Å². The highest BCUT2D eigenvalue weighted by molar-refractivity contribution is 5.68. The number of amides is 1. The molecule has 1 aliphatic carbocycles. The number of fused-ring (bicyclic) bond motifs is 1. The van der Waals surface area contributed by atoms with Gasteiger partial charge in [0.1, 0.15) is 11.4 Å². The van der Waals surface area contributed by atoms with Gasteiger partial charge in [0.15, 0.2) is 0 Å². The maximum absolute atomic E-state index is 13.3. The van der Waals surface area contributed by atoms with Crippen LogP contribution >= 0.6 is 0 Å². The number of likely N-dealkylation sites (N-methyl/N-ethyl adjacent to an activating group) is 1. The number of rotatable bonds is 10. The van der Waals surface area contributed by atoms with Crippen molar-refractivity contribution in [2.75, 3.05) is 20.7 Å². The molecule has 46 heavy (non-hydrogen) atoms. The number of carbonyl (C=O) groups is 1. The largest absolute Gasteiger partial charge is 0.497 e. The van der Waals surface area contributed by atoms with Crippen LogP contribution in [0, 0.1) is 5.92 Å². The maximum Gasteiger partial charge on any atom is 0.410 e. The molecule has 0 aromatic heterocycles. The lowest BCUT2D eigenvalue weighted by molar-refractivity contribution is -0.184. The molecular formula is C39H50N2O5. The van der Waals surface area contributed by atoms with Crippen molar-refractivity contribution >= 4 is 6.09 Å². The van der Waals surface area contributed by atoms with Crippen LogP contribution in [0.25, 0.3) is 0 Å². The number of carbonyl (C=O) groups excluding carboxylic acids is 1. The van der Waals surface area contributed by atoms with E-state index in [1.165, 1.54) is 16.7 Å². The van der Waals surface area contributed by atoms with Crippen molar-refractivity contribution in [2.24, 2.45) is 5.92 Å². The Morgan fingerprint density at radius 3 is 2.11 bits per heavy atom. The zero-order valence-corrected chi connectivity index (χ0v) is 28.1. The average molecular weight is 627 g/mol. The lowest BCUT2D eigenvalue weighted by Gasteiger charge is -2.58. The highest BCUT2D eigenvalue weighted by Gasteiger charge is 2.60. The van der Waals surface area contributed by atoms with Crippen LogP contribution in [-0.4, -0.2) is 72.0 Å². The summed E-state index contributed by atoms with van der Waals surface area (Å²) in [6.45, 7) is 7.72. The molecule has 3 aliphatic rings. The zero-order chi connectivity index (χ0) is 32.3. The Morgan fingerprint density at radius 1 is 0.870 bits per heavy atom. The summed E-state index contributed by atoms with van der Waals surface area (Å²) in [5.74, 6) is 1.08. The van der Waals surface area contributed by atoms with Gasteiger partial charge in [0.05, 0.1) is 32.5 Å². The molecule has 3 aromatic carbocycles. The molecule has 6 rings (SSSR count). The van der Waals surface area contributed by atoms with Crippen LogP contribution in [0.5, 0.6) is 5.75 Å². The van der Waals surface area contributed by atoms with Crippen molar-refractivity contribution in [3.63, 3.8) is 0 Å². The quantitative estimate of drug-likeness (QED) is 0.236. The summed E-state index contributed by atoms with van der Waals surface area (Å²) >= 11 is 0. The summed E-state index contributed by atoms with van der Waals surface area (Å²) in [4.78, 5) is 17.8. The van der Waals surface area contributed by atoms with Gasteiger partial charge in [-0.2, -0.15) is 0 Å². The van der Waals surface area contributed by atoms with Gasteiger partial charge in [-0.15, -0.1) is 0 Å². The molecule has 3 fully saturated rings. The number of methoxy groups -OCH3 is 1. The summed E-state index contributed by atoms with van der Waals surface area (Å²) < 4.78 is 25.1. The van der Waals surface area contributed by atoms with Gasteiger partial charge < -0.3 is 23.8 Å². The molecule has 0 unspecified atom stereocenters. The number of hydrogen-bond acceptors (Lipinski definition) is 6. The molecular weight excluding hydrogens is 576 g/mol. The standard InChI is InChI=1S/C39H50N2O5/c1-38(2,3)46-37(42)40(4)31-23-39-21-20-35(44-26-29-12-8-6-9-13-29)33(24-39)36(45-27-30-14-10-7-11-15-30)34(41(39)25-31)22-28-16-18-32(43-5)19-17-28/h6-19,31,33-36H,20-27H2,1-5H3/t31-,33-,34-,35-,36-,39+/m0/s1. The number of nitrogens with zero attached hydrogens (tertiary/aromatic N) is 2. The summed E-state index contributed by atoms with van der Waals surface area (Å²) in [7, 11) is 3.61. The van der Waals surface area contributed by atoms with E-state index in [9.17, 15) is 4.79 Å². The molecule has 0 N–H and O–H groups in total. The van der Waals surface area contributed by atoms with Crippen molar-refractivity contribution in [2.45, 2.75) is 102 Å². The normalized spacial score (nSPS) is 27.5. The fraction of sp³-hybridized carbons (Fsp3) is 0.513. The molecule has 2 aliphatic heterocycles. The Morgan fingerprint density at radius 2 is 1.50 bits per heavy atom. The highest BCUT2D eigenvalue weighted by atomic mass is 16.6. The van der Waals surface area contributed by atoms with Crippen molar-refractivity contribution in [3.05, 3.63) is 102 Å². The number of benzene rings is 3. The second kappa shape index (κ2) is 13.8. The average Bonchev–Trinajstić information content (AvgIpc) is 3.42. The topological polar surface area (TPSA) is 60.5 Å². The fourth-order valence-corrected chi connectivity index (χ4v) is 8.02. The predicted octanol–water partition coefficient (Wildman–Crippen LogP) is 7.27. The molecule has 3 aromatic rings. The Bertz CT molecular complexity index is 1430. The van der Waals surface area contributed by atoms with E-state index >= 15 is 0 Å². The van der Waals surface area contributed by atoms with Crippen LogP contribution in [0.1, 0.15) is 63.1 Å². The fourth-order valence-electron chi connectivity index (χ4n) is 8.02. The first-order valence-electron chi connectivity index (χ1n) is 16.8. The molecule has 246 valence electrons. The minimum absolute atomic E-state index is 0.0258. The molecule has 2 saturated heterocycles. The first kappa shape index (κ1) is 32.5. The molecule has 1 amide bonds. The predicted molar refractivity (Wildman–Crippen MR) is 180 cm³/mol. The van der Waals surface area contributed by atoms with Crippen LogP contribution in [0.15, 0.2) is 84.9 Å². The second-order valence-corrected chi connectivity index (χ2v) is 14.4. The third-order valence-corrected chi connectivity index (χ3v) is 10.2. The van der Waals surface area contributed by atoms with Gasteiger partial charge in [0.25, 0.3) is 0 Å². The third kappa shape index (κ3) is 7.27. The third-order valence-electron chi connectivity index (χ3n) is 10.2. The van der Waals surface area contributed by atoms with Gasteiger partial charge >= 0.3 is 6.09 Å². The van der Waals surface area contributed by atoms with Gasteiger partial charge in [-0.25, -0.2) is 4.79 Å². The van der Waals surface area contributed by atoms with E-state index in [1.54, 1.807) is 7.11 Å².